The summed E-state index contributed by atoms with van der Waals surface area (Å²) in [6, 6.07) is 6.37. The molecule has 42 heavy (non-hydrogen) atoms. The van der Waals surface area contributed by atoms with Crippen LogP contribution in [0.2, 0.25) is 0 Å². The Kier molecular flexibility index (Phi) is 13.3. The zero-order valence-corrected chi connectivity index (χ0v) is 26.0. The molecule has 234 valence electrons. The number of ether oxygens (including phenoxy) is 2. The first-order valence-electron chi connectivity index (χ1n) is 14.8. The highest BCUT2D eigenvalue weighted by atomic mass is 16.6. The van der Waals surface area contributed by atoms with Gasteiger partial charge in [-0.3, -0.25) is 14.4 Å². The number of alkyl carbamates (subject to hydrolysis) is 1. The average Bonchev–Trinajstić information content (AvgIpc) is 2.92. The monoisotopic (exact) mass is 588 g/mol. The summed E-state index contributed by atoms with van der Waals surface area (Å²) in [4.78, 5) is 63.5. The molecule has 0 aromatic heterocycles. The van der Waals surface area contributed by atoms with Crippen molar-refractivity contribution in [1.82, 2.24) is 21.3 Å². The summed E-state index contributed by atoms with van der Waals surface area (Å²) in [5, 5.41) is 11.0. The highest BCUT2D eigenvalue weighted by Gasteiger charge is 2.37. The van der Waals surface area contributed by atoms with Gasteiger partial charge in [-0.2, -0.15) is 0 Å². The molecule has 0 saturated heterocycles. The first-order valence-corrected chi connectivity index (χ1v) is 14.8. The molecule has 0 aliphatic heterocycles. The maximum absolute atomic E-state index is 13.3. The topological polar surface area (TPSA) is 152 Å². The summed E-state index contributed by atoms with van der Waals surface area (Å²) in [6.45, 7) is 11.9. The first kappa shape index (κ1) is 34.6. The van der Waals surface area contributed by atoms with Gasteiger partial charge in [-0.05, 0) is 72.3 Å². The third kappa shape index (κ3) is 11.3. The van der Waals surface area contributed by atoms with Crippen LogP contribution >= 0.6 is 0 Å². The van der Waals surface area contributed by atoms with Crippen LogP contribution in [0.4, 0.5) is 4.79 Å². The molecule has 0 radical (unpaired) electrons. The van der Waals surface area contributed by atoms with Gasteiger partial charge in [0, 0.05) is 12.0 Å². The Bertz CT molecular complexity index is 1070. The number of esters is 1. The molecular formula is C31H48N4O7. The number of benzene rings is 1. The van der Waals surface area contributed by atoms with E-state index in [1.54, 1.807) is 34.6 Å². The van der Waals surface area contributed by atoms with Crippen molar-refractivity contribution in [2.45, 2.75) is 117 Å². The minimum atomic E-state index is -0.892. The Morgan fingerprint density at radius 3 is 2.05 bits per heavy atom. The van der Waals surface area contributed by atoms with E-state index in [1.807, 2.05) is 37.3 Å². The van der Waals surface area contributed by atoms with Gasteiger partial charge >= 0.3 is 12.1 Å². The van der Waals surface area contributed by atoms with Crippen molar-refractivity contribution in [1.29, 1.82) is 0 Å². The summed E-state index contributed by atoms with van der Waals surface area (Å²) < 4.78 is 10.5. The van der Waals surface area contributed by atoms with Crippen LogP contribution in [0.3, 0.4) is 0 Å². The average molecular weight is 589 g/mol. The second-order valence-electron chi connectivity index (χ2n) is 12.0. The number of carbonyl (C=O) groups excluding carboxylic acids is 5. The number of amides is 4. The molecule has 1 aliphatic rings. The van der Waals surface area contributed by atoms with Crippen molar-refractivity contribution in [3.05, 3.63) is 35.9 Å². The van der Waals surface area contributed by atoms with Gasteiger partial charge in [0.05, 0.1) is 0 Å². The molecule has 0 spiro atoms. The van der Waals surface area contributed by atoms with E-state index in [2.05, 4.69) is 21.3 Å². The number of hydrogen-bond donors (Lipinski definition) is 4. The van der Waals surface area contributed by atoms with Crippen molar-refractivity contribution in [3.63, 3.8) is 0 Å². The highest BCUT2D eigenvalue weighted by molar-refractivity contribution is 5.91. The summed E-state index contributed by atoms with van der Waals surface area (Å²) in [6.07, 6.45) is 3.12. The molecule has 1 fully saturated rings. The van der Waals surface area contributed by atoms with Crippen molar-refractivity contribution in [3.8, 4) is 0 Å². The van der Waals surface area contributed by atoms with Crippen molar-refractivity contribution < 1.29 is 33.4 Å². The molecule has 1 aromatic rings. The van der Waals surface area contributed by atoms with Gasteiger partial charge < -0.3 is 30.7 Å². The lowest BCUT2D eigenvalue weighted by Gasteiger charge is -2.37. The van der Waals surface area contributed by atoms with E-state index in [0.29, 0.717) is 12.8 Å². The van der Waals surface area contributed by atoms with Crippen LogP contribution in [0, 0.1) is 11.8 Å². The van der Waals surface area contributed by atoms with E-state index in [-0.39, 0.29) is 30.4 Å². The number of carbonyl (C=O) groups is 5. The lowest BCUT2D eigenvalue weighted by molar-refractivity contribution is -0.148. The third-order valence-electron chi connectivity index (χ3n) is 7.26. The van der Waals surface area contributed by atoms with Crippen molar-refractivity contribution >= 4 is 29.8 Å². The van der Waals surface area contributed by atoms with Crippen LogP contribution in [0.1, 0.15) is 86.1 Å². The SMILES string of the molecule is CC[C@@H](C(=O)N[C@H](C)C(=O)N[C@H](C)C(=O)OCc1ccccc1)[C@H]1CCCC[C@H]1NC(=O)[C@@H](C)NC(=O)OC(C)(C)C. The normalized spacial score (nSPS) is 19.7. The van der Waals surface area contributed by atoms with E-state index in [0.717, 1.165) is 24.8 Å². The van der Waals surface area contributed by atoms with Crippen molar-refractivity contribution in [2.24, 2.45) is 11.8 Å². The van der Waals surface area contributed by atoms with Crippen molar-refractivity contribution in [2.75, 3.05) is 0 Å². The molecule has 1 aliphatic carbocycles. The van der Waals surface area contributed by atoms with Gasteiger partial charge in [0.25, 0.3) is 0 Å². The van der Waals surface area contributed by atoms with E-state index >= 15 is 0 Å². The highest BCUT2D eigenvalue weighted by Crippen LogP contribution is 2.32. The predicted molar refractivity (Wildman–Crippen MR) is 158 cm³/mol. The maximum atomic E-state index is 13.3. The second-order valence-corrected chi connectivity index (χ2v) is 12.0. The van der Waals surface area contributed by atoms with Gasteiger partial charge in [0.1, 0.15) is 30.3 Å². The molecule has 0 unspecified atom stereocenters. The number of rotatable bonds is 12. The zero-order valence-electron chi connectivity index (χ0n) is 26.0. The van der Waals surface area contributed by atoms with Crippen LogP contribution in [0.15, 0.2) is 30.3 Å². The largest absolute Gasteiger partial charge is 0.459 e. The van der Waals surface area contributed by atoms with E-state index in [4.69, 9.17) is 9.47 Å². The number of nitrogens with one attached hydrogen (secondary N) is 4. The molecule has 2 rings (SSSR count). The maximum Gasteiger partial charge on any atom is 0.408 e. The molecular weight excluding hydrogens is 540 g/mol. The fraction of sp³-hybridized carbons (Fsp3) is 0.645. The van der Waals surface area contributed by atoms with E-state index in [9.17, 15) is 24.0 Å². The van der Waals surface area contributed by atoms with Gasteiger partial charge in [0.2, 0.25) is 17.7 Å². The van der Waals surface area contributed by atoms with Gasteiger partial charge in [0.15, 0.2) is 0 Å². The third-order valence-corrected chi connectivity index (χ3v) is 7.26. The Balaban J connectivity index is 1.92. The van der Waals surface area contributed by atoms with Crippen LogP contribution in [0.25, 0.3) is 0 Å². The quantitative estimate of drug-likeness (QED) is 0.273. The van der Waals surface area contributed by atoms with Gasteiger partial charge in [-0.1, -0.05) is 50.1 Å². The van der Waals surface area contributed by atoms with Crippen LogP contribution in [0.5, 0.6) is 0 Å². The van der Waals surface area contributed by atoms with Crippen LogP contribution < -0.4 is 21.3 Å². The lowest BCUT2D eigenvalue weighted by atomic mass is 9.74. The molecule has 6 atom stereocenters. The van der Waals surface area contributed by atoms with E-state index in [1.165, 1.54) is 6.92 Å². The van der Waals surface area contributed by atoms with Crippen LogP contribution in [-0.2, 0) is 35.3 Å². The first-order chi connectivity index (χ1) is 19.7. The summed E-state index contributed by atoms with van der Waals surface area (Å²) in [7, 11) is 0. The summed E-state index contributed by atoms with van der Waals surface area (Å²) >= 11 is 0. The second kappa shape index (κ2) is 16.1. The molecule has 4 amide bonds. The Hall–Kier alpha value is -3.63. The van der Waals surface area contributed by atoms with Gasteiger partial charge in [-0.25, -0.2) is 9.59 Å². The molecule has 0 heterocycles. The van der Waals surface area contributed by atoms with E-state index < -0.39 is 47.6 Å². The van der Waals surface area contributed by atoms with Gasteiger partial charge in [-0.15, -0.1) is 0 Å². The Morgan fingerprint density at radius 1 is 0.833 bits per heavy atom. The smallest absolute Gasteiger partial charge is 0.408 e. The Morgan fingerprint density at radius 2 is 1.43 bits per heavy atom. The summed E-state index contributed by atoms with van der Waals surface area (Å²) in [5.74, 6) is -2.29. The fourth-order valence-electron chi connectivity index (χ4n) is 5.00. The molecule has 1 aromatic carbocycles. The molecule has 11 heteroatoms. The minimum absolute atomic E-state index is 0.0965. The predicted octanol–water partition coefficient (Wildman–Crippen LogP) is 3.35. The van der Waals surface area contributed by atoms with Crippen LogP contribution in [-0.4, -0.2) is 59.6 Å². The summed E-state index contributed by atoms with van der Waals surface area (Å²) in [5.41, 5.74) is 0.148. The molecule has 4 N–H and O–H groups in total. The molecule has 1 saturated carbocycles. The number of hydrogen-bond acceptors (Lipinski definition) is 7. The Labute approximate surface area is 249 Å². The lowest BCUT2D eigenvalue weighted by Crippen LogP contribution is -2.55. The molecule has 0 bridgehead atoms. The molecule has 11 nitrogen and oxygen atoms in total. The zero-order chi connectivity index (χ0) is 31.4. The standard InChI is InChI=1S/C31H48N4O7/c1-8-23(24-16-12-13-17-25(24)35-27(37)20(3)34-30(40)42-31(5,6)7)28(38)32-19(2)26(36)33-21(4)29(39)41-18-22-14-10-9-11-15-22/h9-11,14-15,19-21,23-25H,8,12-13,16-18H2,1-7H3,(H,32,38)(H,33,36)(H,34,40)(H,35,37)/t19-,20-,21-,23-,24-,25-/m1/s1. The fourth-order valence-corrected chi connectivity index (χ4v) is 5.00. The minimum Gasteiger partial charge on any atom is -0.459 e.